The smallest absolute Gasteiger partial charge is 0.0110 e. The van der Waals surface area contributed by atoms with Crippen LogP contribution in [0.1, 0.15) is 12.8 Å². The normalized spacial score (nSPS) is 24.3. The molecular weight excluding hydrogens is 250 g/mol. The second-order valence-electron chi connectivity index (χ2n) is 6.32. The van der Waals surface area contributed by atoms with Crippen LogP contribution in [0.4, 0.5) is 0 Å². The number of nitrogens with zero attached hydrogens (tertiary/aromatic N) is 4. The van der Waals surface area contributed by atoms with Crippen LogP contribution in [0.15, 0.2) is 0 Å². The predicted octanol–water partition coefficient (Wildman–Crippen LogP) is -0.410. The number of unbranched alkanes of at least 4 members (excludes halogenated alkanes) is 1. The van der Waals surface area contributed by atoms with Crippen molar-refractivity contribution < 1.29 is 0 Å². The second-order valence-corrected chi connectivity index (χ2v) is 6.32. The molecule has 2 saturated heterocycles. The molecule has 2 fully saturated rings. The Hall–Kier alpha value is -0.200. The molecule has 0 unspecified atom stereocenters. The van der Waals surface area contributed by atoms with Crippen LogP contribution in [0.5, 0.6) is 0 Å². The van der Waals surface area contributed by atoms with Crippen LogP contribution in [-0.4, -0.2) is 105 Å². The zero-order valence-corrected chi connectivity index (χ0v) is 13.3. The lowest BCUT2D eigenvalue weighted by Gasteiger charge is -2.37. The van der Waals surface area contributed by atoms with Crippen LogP contribution in [0.25, 0.3) is 0 Å². The van der Waals surface area contributed by atoms with Crippen molar-refractivity contribution in [2.24, 2.45) is 5.73 Å². The van der Waals surface area contributed by atoms with Crippen LogP contribution in [-0.2, 0) is 0 Å². The molecule has 0 aliphatic carbocycles. The summed E-state index contributed by atoms with van der Waals surface area (Å²) in [5.74, 6) is 0. The summed E-state index contributed by atoms with van der Waals surface area (Å²) in [5.41, 5.74) is 5.55. The molecule has 0 bridgehead atoms. The van der Waals surface area contributed by atoms with Crippen molar-refractivity contribution in [3.8, 4) is 0 Å². The molecule has 2 heterocycles. The summed E-state index contributed by atoms with van der Waals surface area (Å²) < 4.78 is 0. The summed E-state index contributed by atoms with van der Waals surface area (Å²) in [5, 5.41) is 0. The van der Waals surface area contributed by atoms with E-state index in [1.54, 1.807) is 0 Å². The first-order valence-electron chi connectivity index (χ1n) is 8.33. The Morgan fingerprint density at radius 2 is 1.10 bits per heavy atom. The van der Waals surface area contributed by atoms with Crippen molar-refractivity contribution in [2.75, 3.05) is 85.6 Å². The van der Waals surface area contributed by atoms with Crippen molar-refractivity contribution >= 4 is 0 Å². The molecule has 0 atom stereocenters. The molecule has 0 spiro atoms. The van der Waals surface area contributed by atoms with E-state index in [1.165, 1.54) is 84.8 Å². The number of hydrogen-bond acceptors (Lipinski definition) is 5. The third kappa shape index (κ3) is 5.66. The third-order valence-corrected chi connectivity index (χ3v) is 4.72. The van der Waals surface area contributed by atoms with Gasteiger partial charge in [-0.3, -0.25) is 9.80 Å². The highest BCUT2D eigenvalue weighted by atomic mass is 15.3. The summed E-state index contributed by atoms with van der Waals surface area (Å²) >= 11 is 0. The molecule has 5 nitrogen and oxygen atoms in total. The number of nitrogens with two attached hydrogens (primary N) is 1. The summed E-state index contributed by atoms with van der Waals surface area (Å²) in [6.07, 6.45) is 2.43. The van der Waals surface area contributed by atoms with Gasteiger partial charge in [-0.15, -0.1) is 0 Å². The Bertz CT molecular complexity index is 245. The fraction of sp³-hybridized carbons (Fsp3) is 1.00. The molecule has 0 aromatic rings. The third-order valence-electron chi connectivity index (χ3n) is 4.72. The monoisotopic (exact) mass is 283 g/mol. The van der Waals surface area contributed by atoms with E-state index in [0.29, 0.717) is 0 Å². The fourth-order valence-corrected chi connectivity index (χ4v) is 3.07. The van der Waals surface area contributed by atoms with Crippen LogP contribution >= 0.6 is 0 Å². The first-order valence-corrected chi connectivity index (χ1v) is 8.33. The summed E-state index contributed by atoms with van der Waals surface area (Å²) in [6.45, 7) is 14.5. The molecule has 0 radical (unpaired) electrons. The van der Waals surface area contributed by atoms with Crippen LogP contribution in [0.2, 0.25) is 0 Å². The number of likely N-dealkylation sites (N-methyl/N-ethyl adjacent to an activating group) is 1. The van der Waals surface area contributed by atoms with Crippen LogP contribution in [0, 0.1) is 0 Å². The molecule has 2 rings (SSSR count). The van der Waals surface area contributed by atoms with Gasteiger partial charge in [0.15, 0.2) is 0 Å². The minimum atomic E-state index is 0.838. The largest absolute Gasteiger partial charge is 0.330 e. The van der Waals surface area contributed by atoms with E-state index in [9.17, 15) is 0 Å². The lowest BCUT2D eigenvalue weighted by atomic mass is 10.2. The van der Waals surface area contributed by atoms with Gasteiger partial charge in [-0.1, -0.05) is 0 Å². The lowest BCUT2D eigenvalue weighted by molar-refractivity contribution is 0.101. The summed E-state index contributed by atoms with van der Waals surface area (Å²) in [7, 11) is 2.22. The molecule has 2 N–H and O–H groups in total. The first-order chi connectivity index (χ1) is 9.78. The maximum atomic E-state index is 5.55. The Morgan fingerprint density at radius 1 is 0.650 bits per heavy atom. The van der Waals surface area contributed by atoms with Gasteiger partial charge in [0.05, 0.1) is 0 Å². The molecule has 118 valence electrons. The standard InChI is InChI=1S/C15H33N5/c1-17-6-8-19(9-7-17)14-15-20-12-10-18(11-13-20)5-3-2-4-16/h2-16H2,1H3. The fourth-order valence-electron chi connectivity index (χ4n) is 3.07. The Morgan fingerprint density at radius 3 is 1.60 bits per heavy atom. The molecule has 2 aliphatic heterocycles. The van der Waals surface area contributed by atoms with E-state index >= 15 is 0 Å². The van der Waals surface area contributed by atoms with Gasteiger partial charge < -0.3 is 15.5 Å². The van der Waals surface area contributed by atoms with Gasteiger partial charge >= 0.3 is 0 Å². The Kier molecular flexibility index (Phi) is 7.24. The zero-order valence-electron chi connectivity index (χ0n) is 13.3. The minimum absolute atomic E-state index is 0.838. The van der Waals surface area contributed by atoms with Crippen molar-refractivity contribution in [2.45, 2.75) is 12.8 Å². The van der Waals surface area contributed by atoms with Crippen molar-refractivity contribution in [3.05, 3.63) is 0 Å². The number of piperazine rings is 2. The van der Waals surface area contributed by atoms with Gasteiger partial charge in [0.2, 0.25) is 0 Å². The van der Waals surface area contributed by atoms with Crippen LogP contribution < -0.4 is 5.73 Å². The van der Waals surface area contributed by atoms with Crippen molar-refractivity contribution in [3.63, 3.8) is 0 Å². The van der Waals surface area contributed by atoms with E-state index in [-0.39, 0.29) is 0 Å². The van der Waals surface area contributed by atoms with E-state index in [4.69, 9.17) is 5.73 Å². The lowest BCUT2D eigenvalue weighted by Crippen LogP contribution is -2.50. The van der Waals surface area contributed by atoms with Gasteiger partial charge in [-0.25, -0.2) is 0 Å². The molecule has 0 saturated carbocycles. The Balaban J connectivity index is 1.53. The molecule has 20 heavy (non-hydrogen) atoms. The highest BCUT2D eigenvalue weighted by Gasteiger charge is 2.18. The molecule has 0 aromatic heterocycles. The summed E-state index contributed by atoms with van der Waals surface area (Å²) in [6, 6.07) is 0. The highest BCUT2D eigenvalue weighted by molar-refractivity contribution is 4.75. The quantitative estimate of drug-likeness (QED) is 0.643. The van der Waals surface area contributed by atoms with E-state index < -0.39 is 0 Å². The summed E-state index contributed by atoms with van der Waals surface area (Å²) in [4.78, 5) is 10.3. The van der Waals surface area contributed by atoms with Crippen molar-refractivity contribution in [1.82, 2.24) is 19.6 Å². The van der Waals surface area contributed by atoms with Gasteiger partial charge in [0, 0.05) is 65.4 Å². The average molecular weight is 283 g/mol. The van der Waals surface area contributed by atoms with Gasteiger partial charge in [-0.2, -0.15) is 0 Å². The second kappa shape index (κ2) is 8.95. The van der Waals surface area contributed by atoms with Gasteiger partial charge in [0.25, 0.3) is 0 Å². The first kappa shape index (κ1) is 16.2. The van der Waals surface area contributed by atoms with E-state index in [1.807, 2.05) is 0 Å². The van der Waals surface area contributed by atoms with Crippen molar-refractivity contribution in [1.29, 1.82) is 0 Å². The highest BCUT2D eigenvalue weighted by Crippen LogP contribution is 2.05. The van der Waals surface area contributed by atoms with Gasteiger partial charge in [-0.05, 0) is 33.0 Å². The molecule has 0 amide bonds. The minimum Gasteiger partial charge on any atom is -0.330 e. The predicted molar refractivity (Wildman–Crippen MR) is 85.1 cm³/mol. The average Bonchev–Trinajstić information content (AvgIpc) is 2.48. The maximum absolute atomic E-state index is 5.55. The SMILES string of the molecule is CN1CCN(CCN2CCN(CCCCN)CC2)CC1. The maximum Gasteiger partial charge on any atom is 0.0110 e. The molecule has 5 heteroatoms. The molecule has 0 aromatic carbocycles. The zero-order chi connectivity index (χ0) is 14.2. The van der Waals surface area contributed by atoms with E-state index in [2.05, 4.69) is 26.6 Å². The molecule has 2 aliphatic rings. The Labute approximate surface area is 124 Å². The van der Waals surface area contributed by atoms with E-state index in [0.717, 1.165) is 6.54 Å². The number of hydrogen-bond donors (Lipinski definition) is 1. The number of rotatable bonds is 7. The van der Waals surface area contributed by atoms with Gasteiger partial charge in [0.1, 0.15) is 0 Å². The van der Waals surface area contributed by atoms with Crippen LogP contribution in [0.3, 0.4) is 0 Å². The topological polar surface area (TPSA) is 39.0 Å². The molecular formula is C15H33N5.